The van der Waals surface area contributed by atoms with Gasteiger partial charge in [0, 0.05) is 12.0 Å². The van der Waals surface area contributed by atoms with E-state index in [1.54, 1.807) is 24.3 Å². The number of ketones is 1. The zero-order valence-electron chi connectivity index (χ0n) is 9.32. The monoisotopic (exact) mass is 220 g/mol. The molecule has 0 heterocycles. The Balaban J connectivity index is 2.73. The highest BCUT2D eigenvalue weighted by molar-refractivity contribution is 6.03. The summed E-state index contributed by atoms with van der Waals surface area (Å²) >= 11 is 0. The minimum atomic E-state index is -0.112. The first-order chi connectivity index (χ1) is 7.65. The Labute approximate surface area is 94.8 Å². The maximum atomic E-state index is 11.5. The summed E-state index contributed by atoms with van der Waals surface area (Å²) in [6, 6.07) is 6.97. The quantitative estimate of drug-likeness (QED) is 0.740. The van der Waals surface area contributed by atoms with Crippen LogP contribution in [0.1, 0.15) is 30.1 Å². The van der Waals surface area contributed by atoms with Crippen molar-refractivity contribution in [3.63, 3.8) is 0 Å². The van der Waals surface area contributed by atoms with Gasteiger partial charge in [-0.3, -0.25) is 9.59 Å². The maximum Gasteiger partial charge on any atom is 0.224 e. The number of nitrogens with one attached hydrogen (secondary N) is 1. The van der Waals surface area contributed by atoms with E-state index in [0.717, 1.165) is 0 Å². The second-order valence-electron chi connectivity index (χ2n) is 3.54. The Bertz CT molecular complexity index is 388. The number of carbonyl (C=O) groups is 2. The number of Topliss-reactive ketones (excluding diaryl/α,β-unsaturated/α-hetero) is 1. The molecule has 1 rings (SSSR count). The van der Waals surface area contributed by atoms with Gasteiger partial charge in [-0.05, 0) is 32.0 Å². The molecule has 0 fully saturated rings. The molecule has 0 bridgehead atoms. The summed E-state index contributed by atoms with van der Waals surface area (Å²) in [4.78, 5) is 22.8. The van der Waals surface area contributed by atoms with Crippen molar-refractivity contribution in [2.75, 3.05) is 11.9 Å². The van der Waals surface area contributed by atoms with Gasteiger partial charge in [-0.2, -0.15) is 0 Å². The highest BCUT2D eigenvalue weighted by Gasteiger charge is 2.08. The van der Waals surface area contributed by atoms with Crippen LogP contribution in [0.15, 0.2) is 24.3 Å². The molecule has 86 valence electrons. The van der Waals surface area contributed by atoms with Crippen LogP contribution >= 0.6 is 0 Å². The lowest BCUT2D eigenvalue weighted by atomic mass is 10.1. The first-order valence-electron chi connectivity index (χ1n) is 5.25. The molecule has 1 aromatic carbocycles. The third-order valence-corrected chi connectivity index (χ3v) is 2.19. The zero-order valence-corrected chi connectivity index (χ0v) is 9.32. The molecule has 3 N–H and O–H groups in total. The van der Waals surface area contributed by atoms with Crippen molar-refractivity contribution >= 4 is 17.4 Å². The standard InChI is InChI=1S/C12H16N2O2/c1-9(15)10-5-2-3-6-11(10)14-12(16)7-4-8-13/h2-3,5-6H,4,7-8,13H2,1H3,(H,14,16). The van der Waals surface area contributed by atoms with Crippen LogP contribution in [0, 0.1) is 0 Å². The van der Waals surface area contributed by atoms with Crippen molar-refractivity contribution in [2.24, 2.45) is 5.73 Å². The number of hydrogen-bond donors (Lipinski definition) is 2. The largest absolute Gasteiger partial charge is 0.330 e. The van der Waals surface area contributed by atoms with Gasteiger partial charge >= 0.3 is 0 Å². The molecule has 16 heavy (non-hydrogen) atoms. The van der Waals surface area contributed by atoms with E-state index in [4.69, 9.17) is 5.73 Å². The Morgan fingerprint density at radius 2 is 2.00 bits per heavy atom. The number of carbonyl (C=O) groups excluding carboxylic acids is 2. The van der Waals surface area contributed by atoms with Gasteiger partial charge in [0.1, 0.15) is 0 Å². The van der Waals surface area contributed by atoms with Gasteiger partial charge < -0.3 is 11.1 Å². The normalized spacial score (nSPS) is 9.88. The van der Waals surface area contributed by atoms with Crippen molar-refractivity contribution < 1.29 is 9.59 Å². The average molecular weight is 220 g/mol. The lowest BCUT2D eigenvalue weighted by Gasteiger charge is -2.08. The minimum Gasteiger partial charge on any atom is -0.330 e. The van der Waals surface area contributed by atoms with Crippen molar-refractivity contribution in [3.05, 3.63) is 29.8 Å². The summed E-state index contributed by atoms with van der Waals surface area (Å²) < 4.78 is 0. The molecule has 0 aromatic heterocycles. The van der Waals surface area contributed by atoms with Crippen LogP contribution in [0.2, 0.25) is 0 Å². The predicted molar refractivity (Wildman–Crippen MR) is 63.4 cm³/mol. The topological polar surface area (TPSA) is 72.2 Å². The van der Waals surface area contributed by atoms with Crippen LogP contribution in [0.25, 0.3) is 0 Å². The van der Waals surface area contributed by atoms with Gasteiger partial charge in [-0.15, -0.1) is 0 Å². The van der Waals surface area contributed by atoms with Gasteiger partial charge in [0.2, 0.25) is 5.91 Å². The molecular formula is C12H16N2O2. The van der Waals surface area contributed by atoms with E-state index in [0.29, 0.717) is 30.6 Å². The zero-order chi connectivity index (χ0) is 12.0. The van der Waals surface area contributed by atoms with Crippen LogP contribution in [0.4, 0.5) is 5.69 Å². The van der Waals surface area contributed by atoms with E-state index in [-0.39, 0.29) is 11.7 Å². The summed E-state index contributed by atoms with van der Waals surface area (Å²) in [6.07, 6.45) is 1.02. The lowest BCUT2D eigenvalue weighted by molar-refractivity contribution is -0.116. The van der Waals surface area contributed by atoms with Gasteiger partial charge in [0.25, 0.3) is 0 Å². The molecule has 0 aliphatic carbocycles. The van der Waals surface area contributed by atoms with Gasteiger partial charge in [-0.25, -0.2) is 0 Å². The van der Waals surface area contributed by atoms with Crippen LogP contribution in [-0.4, -0.2) is 18.2 Å². The number of anilines is 1. The molecule has 1 aromatic rings. The minimum absolute atomic E-state index is 0.0604. The molecule has 0 aliphatic rings. The van der Waals surface area contributed by atoms with Crippen molar-refractivity contribution in [2.45, 2.75) is 19.8 Å². The molecule has 1 amide bonds. The molecule has 0 radical (unpaired) electrons. The van der Waals surface area contributed by atoms with E-state index in [1.807, 2.05) is 0 Å². The summed E-state index contributed by atoms with van der Waals surface area (Å²) in [5.74, 6) is -0.172. The molecule has 0 saturated carbocycles. The number of para-hydroxylation sites is 1. The molecule has 0 aliphatic heterocycles. The molecule has 0 atom stereocenters. The Hall–Kier alpha value is -1.68. The fraction of sp³-hybridized carbons (Fsp3) is 0.333. The highest BCUT2D eigenvalue weighted by atomic mass is 16.1. The molecule has 4 nitrogen and oxygen atoms in total. The van der Waals surface area contributed by atoms with Gasteiger partial charge in [0.05, 0.1) is 5.69 Å². The van der Waals surface area contributed by atoms with Crippen molar-refractivity contribution in [1.82, 2.24) is 0 Å². The van der Waals surface area contributed by atoms with E-state index >= 15 is 0 Å². The fourth-order valence-electron chi connectivity index (χ4n) is 1.37. The smallest absolute Gasteiger partial charge is 0.224 e. The Kier molecular flexibility index (Phi) is 4.66. The van der Waals surface area contributed by atoms with Crippen LogP contribution in [0.3, 0.4) is 0 Å². The third kappa shape index (κ3) is 3.47. The number of nitrogens with two attached hydrogens (primary N) is 1. The first kappa shape index (κ1) is 12.4. The van der Waals surface area contributed by atoms with Crippen molar-refractivity contribution in [1.29, 1.82) is 0 Å². The highest BCUT2D eigenvalue weighted by Crippen LogP contribution is 2.15. The summed E-state index contributed by atoms with van der Waals surface area (Å²) in [5, 5.41) is 2.71. The van der Waals surface area contributed by atoms with E-state index < -0.39 is 0 Å². The number of benzene rings is 1. The van der Waals surface area contributed by atoms with Crippen LogP contribution in [0.5, 0.6) is 0 Å². The summed E-state index contributed by atoms with van der Waals surface area (Å²) in [6.45, 7) is 1.96. The number of hydrogen-bond acceptors (Lipinski definition) is 3. The molecule has 0 unspecified atom stereocenters. The van der Waals surface area contributed by atoms with Gasteiger partial charge in [-0.1, -0.05) is 12.1 Å². The van der Waals surface area contributed by atoms with Crippen LogP contribution in [-0.2, 0) is 4.79 Å². The Morgan fingerprint density at radius 3 is 2.62 bits per heavy atom. The molecule has 0 spiro atoms. The van der Waals surface area contributed by atoms with E-state index in [9.17, 15) is 9.59 Å². The summed E-state index contributed by atoms with van der Waals surface area (Å²) in [7, 11) is 0. The van der Waals surface area contributed by atoms with Crippen LogP contribution < -0.4 is 11.1 Å². The molecule has 4 heteroatoms. The third-order valence-electron chi connectivity index (χ3n) is 2.19. The second-order valence-corrected chi connectivity index (χ2v) is 3.54. The molecule has 0 saturated heterocycles. The van der Waals surface area contributed by atoms with E-state index in [1.165, 1.54) is 6.92 Å². The van der Waals surface area contributed by atoms with Crippen molar-refractivity contribution in [3.8, 4) is 0 Å². The van der Waals surface area contributed by atoms with Gasteiger partial charge in [0.15, 0.2) is 5.78 Å². The average Bonchev–Trinajstić information content (AvgIpc) is 2.27. The number of rotatable bonds is 5. The first-order valence-corrected chi connectivity index (χ1v) is 5.25. The summed E-state index contributed by atoms with van der Waals surface area (Å²) in [5.41, 5.74) is 6.41. The number of amides is 1. The van der Waals surface area contributed by atoms with E-state index in [2.05, 4.69) is 5.32 Å². The predicted octanol–water partition coefficient (Wildman–Crippen LogP) is 1.57. The second kappa shape index (κ2) is 6.02. The SMILES string of the molecule is CC(=O)c1ccccc1NC(=O)CCCN. The Morgan fingerprint density at radius 1 is 1.31 bits per heavy atom. The maximum absolute atomic E-state index is 11.5. The lowest BCUT2D eigenvalue weighted by Crippen LogP contribution is -2.15. The molecular weight excluding hydrogens is 204 g/mol. The fourth-order valence-corrected chi connectivity index (χ4v) is 1.37.